The molecule has 31 heavy (non-hydrogen) atoms. The van der Waals surface area contributed by atoms with Crippen LogP contribution in [0.1, 0.15) is 23.7 Å². The monoisotopic (exact) mass is 415 g/mol. The molecule has 1 aliphatic heterocycles. The molecular formula is C25H22FN3O2. The van der Waals surface area contributed by atoms with Crippen molar-refractivity contribution in [1.29, 1.82) is 0 Å². The van der Waals surface area contributed by atoms with Gasteiger partial charge in [-0.1, -0.05) is 36.4 Å². The van der Waals surface area contributed by atoms with Gasteiger partial charge in [0, 0.05) is 25.4 Å². The Hall–Kier alpha value is -3.67. The Bertz CT molecular complexity index is 1250. The zero-order valence-electron chi connectivity index (χ0n) is 17.2. The third-order valence-electron chi connectivity index (χ3n) is 5.80. The molecule has 0 spiro atoms. The largest absolute Gasteiger partial charge is 0.495 e. The number of amides is 1. The van der Waals surface area contributed by atoms with E-state index in [9.17, 15) is 9.18 Å². The molecule has 0 N–H and O–H groups in total. The topological polar surface area (TPSA) is 47.4 Å². The fourth-order valence-corrected chi connectivity index (χ4v) is 4.31. The summed E-state index contributed by atoms with van der Waals surface area (Å²) >= 11 is 0. The molecule has 0 aliphatic carbocycles. The van der Waals surface area contributed by atoms with Crippen LogP contribution < -0.4 is 9.64 Å². The van der Waals surface area contributed by atoms with Gasteiger partial charge in [-0.3, -0.25) is 4.79 Å². The first kappa shape index (κ1) is 19.3. The highest BCUT2D eigenvalue weighted by molar-refractivity contribution is 5.97. The summed E-state index contributed by atoms with van der Waals surface area (Å²) in [4.78, 5) is 19.6. The molecule has 5 rings (SSSR count). The molecule has 1 unspecified atom stereocenters. The molecule has 1 saturated heterocycles. The summed E-state index contributed by atoms with van der Waals surface area (Å²) < 4.78 is 21.0. The number of nitrogens with zero attached hydrogens (tertiary/aromatic N) is 3. The van der Waals surface area contributed by atoms with Crippen LogP contribution in [0.5, 0.6) is 5.75 Å². The van der Waals surface area contributed by atoms with Crippen LogP contribution in [0.3, 0.4) is 0 Å². The van der Waals surface area contributed by atoms with Crippen molar-refractivity contribution >= 4 is 22.6 Å². The number of hydrogen-bond donors (Lipinski definition) is 0. The highest BCUT2D eigenvalue weighted by Crippen LogP contribution is 2.37. The Kier molecular flexibility index (Phi) is 4.90. The van der Waals surface area contributed by atoms with Crippen molar-refractivity contribution in [1.82, 2.24) is 9.55 Å². The van der Waals surface area contributed by atoms with E-state index in [1.807, 2.05) is 48.5 Å². The standard InChI is InChI=1S/C25H22FN3O2/c1-31-23-9-5-4-8-22(23)28-16-18(14-24(28)30)25-27-20-6-2-3-7-21(20)29(25)15-17-10-12-19(26)13-11-17/h2-13,18H,14-16H2,1H3. The maximum Gasteiger partial charge on any atom is 0.227 e. The molecule has 1 aliphatic rings. The maximum absolute atomic E-state index is 13.4. The van der Waals surface area contributed by atoms with Gasteiger partial charge >= 0.3 is 0 Å². The first-order valence-corrected chi connectivity index (χ1v) is 10.3. The highest BCUT2D eigenvalue weighted by Gasteiger charge is 2.35. The van der Waals surface area contributed by atoms with Crippen LogP contribution in [0.4, 0.5) is 10.1 Å². The Balaban J connectivity index is 1.53. The lowest BCUT2D eigenvalue weighted by Gasteiger charge is -2.20. The van der Waals surface area contributed by atoms with E-state index in [2.05, 4.69) is 4.57 Å². The van der Waals surface area contributed by atoms with Crippen molar-refractivity contribution in [3.8, 4) is 5.75 Å². The van der Waals surface area contributed by atoms with Crippen LogP contribution in [-0.2, 0) is 11.3 Å². The number of ether oxygens (including phenoxy) is 1. The molecule has 6 heteroatoms. The van der Waals surface area contributed by atoms with Gasteiger partial charge in [0.05, 0.1) is 23.8 Å². The van der Waals surface area contributed by atoms with Crippen LogP contribution in [0.15, 0.2) is 72.8 Å². The summed E-state index contributed by atoms with van der Waals surface area (Å²) in [6.07, 6.45) is 0.380. The van der Waals surface area contributed by atoms with Gasteiger partial charge in [0.2, 0.25) is 5.91 Å². The molecule has 1 fully saturated rings. The van der Waals surface area contributed by atoms with E-state index in [1.165, 1.54) is 12.1 Å². The lowest BCUT2D eigenvalue weighted by Crippen LogP contribution is -2.25. The van der Waals surface area contributed by atoms with Gasteiger partial charge in [-0.05, 0) is 42.0 Å². The zero-order chi connectivity index (χ0) is 21.4. The number of carbonyl (C=O) groups excluding carboxylic acids is 1. The SMILES string of the molecule is COc1ccccc1N1CC(c2nc3ccccc3n2Cc2ccc(F)cc2)CC1=O. The zero-order valence-corrected chi connectivity index (χ0v) is 17.2. The normalized spacial score (nSPS) is 16.3. The van der Waals surface area contributed by atoms with E-state index >= 15 is 0 Å². The third kappa shape index (κ3) is 3.54. The summed E-state index contributed by atoms with van der Waals surface area (Å²) in [6.45, 7) is 1.10. The number of carbonyl (C=O) groups is 1. The molecule has 2 heterocycles. The van der Waals surface area contributed by atoms with Gasteiger partial charge in [0.15, 0.2) is 0 Å². The predicted molar refractivity (Wildman–Crippen MR) is 118 cm³/mol. The molecule has 1 amide bonds. The smallest absolute Gasteiger partial charge is 0.227 e. The molecule has 4 aromatic rings. The van der Waals surface area contributed by atoms with Crippen molar-refractivity contribution in [2.45, 2.75) is 18.9 Å². The van der Waals surface area contributed by atoms with Crippen LogP contribution in [0, 0.1) is 5.82 Å². The van der Waals surface area contributed by atoms with E-state index in [0.717, 1.165) is 28.1 Å². The Morgan fingerprint density at radius 1 is 1.03 bits per heavy atom. The minimum Gasteiger partial charge on any atom is -0.495 e. The van der Waals surface area contributed by atoms with E-state index < -0.39 is 0 Å². The lowest BCUT2D eigenvalue weighted by atomic mass is 10.1. The predicted octanol–water partition coefficient (Wildman–Crippen LogP) is 4.75. The van der Waals surface area contributed by atoms with Crippen LogP contribution in [0.25, 0.3) is 11.0 Å². The van der Waals surface area contributed by atoms with Gasteiger partial charge in [-0.25, -0.2) is 9.37 Å². The van der Waals surface area contributed by atoms with Gasteiger partial charge in [-0.15, -0.1) is 0 Å². The third-order valence-corrected chi connectivity index (χ3v) is 5.80. The first-order valence-electron chi connectivity index (χ1n) is 10.3. The van der Waals surface area contributed by atoms with E-state index in [-0.39, 0.29) is 17.6 Å². The molecule has 5 nitrogen and oxygen atoms in total. The molecule has 156 valence electrons. The van der Waals surface area contributed by atoms with Gasteiger partial charge < -0.3 is 14.2 Å². The quantitative estimate of drug-likeness (QED) is 0.473. The number of anilines is 1. The van der Waals surface area contributed by atoms with E-state index in [1.54, 1.807) is 24.1 Å². The summed E-state index contributed by atoms with van der Waals surface area (Å²) in [5, 5.41) is 0. The number of rotatable bonds is 5. The average molecular weight is 415 g/mol. The van der Waals surface area contributed by atoms with Crippen molar-refractivity contribution in [2.24, 2.45) is 0 Å². The molecular weight excluding hydrogens is 393 g/mol. The van der Waals surface area contributed by atoms with Crippen molar-refractivity contribution < 1.29 is 13.9 Å². The fourth-order valence-electron chi connectivity index (χ4n) is 4.31. The number of methoxy groups -OCH3 is 1. The Morgan fingerprint density at radius 2 is 1.77 bits per heavy atom. The lowest BCUT2D eigenvalue weighted by molar-refractivity contribution is -0.117. The molecule has 1 atom stereocenters. The fraction of sp³-hybridized carbons (Fsp3) is 0.200. The minimum atomic E-state index is -0.256. The molecule has 0 saturated carbocycles. The van der Waals surface area contributed by atoms with E-state index in [0.29, 0.717) is 25.3 Å². The number of aromatic nitrogens is 2. The first-order chi connectivity index (χ1) is 15.1. The number of hydrogen-bond acceptors (Lipinski definition) is 3. The van der Waals surface area contributed by atoms with Gasteiger partial charge in [-0.2, -0.15) is 0 Å². The molecule has 0 radical (unpaired) electrons. The minimum absolute atomic E-state index is 0.0507. The molecule has 0 bridgehead atoms. The number of imidazole rings is 1. The summed E-state index contributed by atoms with van der Waals surface area (Å²) in [6, 6.07) is 22.0. The Labute approximate surface area is 179 Å². The number of fused-ring (bicyclic) bond motifs is 1. The Morgan fingerprint density at radius 3 is 2.58 bits per heavy atom. The van der Waals surface area contributed by atoms with Crippen molar-refractivity contribution in [2.75, 3.05) is 18.6 Å². The second-order valence-electron chi connectivity index (χ2n) is 7.75. The molecule has 3 aromatic carbocycles. The number of para-hydroxylation sites is 4. The summed E-state index contributed by atoms with van der Waals surface area (Å²) in [5.41, 5.74) is 3.66. The maximum atomic E-state index is 13.4. The second kappa shape index (κ2) is 7.87. The second-order valence-corrected chi connectivity index (χ2v) is 7.75. The highest BCUT2D eigenvalue weighted by atomic mass is 19.1. The van der Waals surface area contributed by atoms with Crippen LogP contribution >= 0.6 is 0 Å². The van der Waals surface area contributed by atoms with Gasteiger partial charge in [0.25, 0.3) is 0 Å². The van der Waals surface area contributed by atoms with Crippen LogP contribution in [0.2, 0.25) is 0 Å². The summed E-state index contributed by atoms with van der Waals surface area (Å²) in [5.74, 6) is 1.29. The number of benzene rings is 3. The molecule has 1 aromatic heterocycles. The van der Waals surface area contributed by atoms with Gasteiger partial charge in [0.1, 0.15) is 17.4 Å². The van der Waals surface area contributed by atoms with Crippen LogP contribution in [-0.4, -0.2) is 29.1 Å². The van der Waals surface area contributed by atoms with E-state index in [4.69, 9.17) is 9.72 Å². The average Bonchev–Trinajstić information content (AvgIpc) is 3.36. The summed E-state index contributed by atoms with van der Waals surface area (Å²) in [7, 11) is 1.61. The van der Waals surface area contributed by atoms with Crippen molar-refractivity contribution in [3.05, 3.63) is 90.0 Å². The van der Waals surface area contributed by atoms with Crippen molar-refractivity contribution in [3.63, 3.8) is 0 Å². The number of halogens is 1.